The quantitative estimate of drug-likeness (QED) is 0.484. The minimum atomic E-state index is -0.436. The highest BCUT2D eigenvalue weighted by molar-refractivity contribution is 5.98. The molecule has 1 aromatic heterocycles. The van der Waals surface area contributed by atoms with Crippen molar-refractivity contribution in [3.8, 4) is 28.3 Å². The number of nitrogens with one attached hydrogen (secondary N) is 1. The molecule has 0 bridgehead atoms. The Hall–Kier alpha value is -3.85. The number of carbonyl (C=O) groups excluding carboxylic acids is 2. The highest BCUT2D eigenvalue weighted by Gasteiger charge is 2.26. The predicted octanol–water partition coefficient (Wildman–Crippen LogP) is 5.56. The number of hydrogen-bond acceptors (Lipinski definition) is 4. The fourth-order valence-corrected chi connectivity index (χ4v) is 3.85. The van der Waals surface area contributed by atoms with Gasteiger partial charge >= 0.3 is 5.97 Å². The van der Waals surface area contributed by atoms with Crippen molar-refractivity contribution in [2.24, 2.45) is 13.0 Å². The van der Waals surface area contributed by atoms with E-state index in [1.54, 1.807) is 18.5 Å². The number of nitriles is 1. The van der Waals surface area contributed by atoms with Crippen LogP contribution in [0, 0.1) is 17.2 Å². The second-order valence-electron chi connectivity index (χ2n) is 8.09. The molecule has 0 aliphatic heterocycles. The summed E-state index contributed by atoms with van der Waals surface area (Å²) in [6.07, 6.45) is 0.629. The van der Waals surface area contributed by atoms with Crippen molar-refractivity contribution >= 4 is 17.6 Å². The Kier molecular flexibility index (Phi) is 7.34. The lowest BCUT2D eigenvalue weighted by atomic mass is 9.97. The summed E-state index contributed by atoms with van der Waals surface area (Å²) in [5, 5.41) is 12.7. The van der Waals surface area contributed by atoms with Gasteiger partial charge in [-0.3, -0.25) is 4.79 Å². The molecular formula is C27H29N3O3. The van der Waals surface area contributed by atoms with Gasteiger partial charge in [-0.2, -0.15) is 5.26 Å². The minimum absolute atomic E-state index is 0.0212. The third-order valence-corrected chi connectivity index (χ3v) is 5.61. The number of esters is 1. The highest BCUT2D eigenvalue weighted by atomic mass is 16.5. The smallest absolute Gasteiger partial charge is 0.355 e. The lowest BCUT2D eigenvalue weighted by Crippen LogP contribution is -2.17. The van der Waals surface area contributed by atoms with Crippen LogP contribution in [0.5, 0.6) is 0 Å². The van der Waals surface area contributed by atoms with E-state index >= 15 is 0 Å². The molecule has 0 unspecified atom stereocenters. The molecule has 1 heterocycles. The van der Waals surface area contributed by atoms with Gasteiger partial charge in [0.15, 0.2) is 0 Å². The first-order valence-electron chi connectivity index (χ1n) is 11.1. The van der Waals surface area contributed by atoms with Crippen molar-refractivity contribution in [2.45, 2.75) is 34.1 Å². The fraction of sp³-hybridized carbons (Fsp3) is 0.296. The summed E-state index contributed by atoms with van der Waals surface area (Å²) in [6, 6.07) is 17.7. The first-order chi connectivity index (χ1) is 15.8. The molecular weight excluding hydrogens is 414 g/mol. The molecule has 170 valence electrons. The Morgan fingerprint density at radius 1 is 1.00 bits per heavy atom. The number of aromatic nitrogens is 1. The van der Waals surface area contributed by atoms with Crippen LogP contribution in [0.15, 0.2) is 48.5 Å². The summed E-state index contributed by atoms with van der Waals surface area (Å²) in [7, 11) is 1.80. The van der Waals surface area contributed by atoms with Crippen molar-refractivity contribution < 1.29 is 14.3 Å². The SMILES string of the molecule is CCOC(=O)c1c(-c2ccc(-c3ccc(NC(=O)C(C)C)cc3)cc2)c(C#N)c(CC)n1C. The Bertz CT molecular complexity index is 1200. The first kappa shape index (κ1) is 23.8. The van der Waals surface area contributed by atoms with Gasteiger partial charge in [0.2, 0.25) is 5.91 Å². The van der Waals surface area contributed by atoms with Gasteiger partial charge in [-0.15, -0.1) is 0 Å². The number of carbonyl (C=O) groups is 2. The highest BCUT2D eigenvalue weighted by Crippen LogP contribution is 2.34. The molecule has 6 heteroatoms. The fourth-order valence-electron chi connectivity index (χ4n) is 3.85. The van der Waals surface area contributed by atoms with Crippen LogP contribution in [-0.2, 0) is 23.0 Å². The van der Waals surface area contributed by atoms with Crippen molar-refractivity contribution in [1.82, 2.24) is 4.57 Å². The van der Waals surface area contributed by atoms with Crippen molar-refractivity contribution in [3.63, 3.8) is 0 Å². The predicted molar refractivity (Wildman–Crippen MR) is 130 cm³/mol. The van der Waals surface area contributed by atoms with E-state index < -0.39 is 5.97 Å². The molecule has 0 atom stereocenters. The third-order valence-electron chi connectivity index (χ3n) is 5.61. The molecule has 2 aromatic carbocycles. The Morgan fingerprint density at radius 2 is 1.55 bits per heavy atom. The maximum Gasteiger partial charge on any atom is 0.355 e. The number of hydrogen-bond donors (Lipinski definition) is 1. The van der Waals surface area contributed by atoms with Crippen LogP contribution in [0.4, 0.5) is 5.69 Å². The second kappa shape index (κ2) is 10.2. The van der Waals surface area contributed by atoms with E-state index in [1.165, 1.54) is 0 Å². The van der Waals surface area contributed by atoms with Gasteiger partial charge in [-0.25, -0.2) is 4.79 Å². The average molecular weight is 444 g/mol. The number of benzene rings is 2. The third kappa shape index (κ3) is 4.83. The van der Waals surface area contributed by atoms with E-state index in [4.69, 9.17) is 4.74 Å². The summed E-state index contributed by atoms with van der Waals surface area (Å²) in [5.74, 6) is -0.539. The lowest BCUT2D eigenvalue weighted by molar-refractivity contribution is -0.118. The van der Waals surface area contributed by atoms with E-state index in [-0.39, 0.29) is 18.4 Å². The summed E-state index contributed by atoms with van der Waals surface area (Å²) in [4.78, 5) is 24.6. The van der Waals surface area contributed by atoms with Gasteiger partial charge in [0, 0.05) is 29.9 Å². The standard InChI is InChI=1S/C27H29N3O3/c1-6-23-22(16-28)24(25(30(23)5)27(32)33-7-2)20-10-8-18(9-11-20)19-12-14-21(15-13-19)29-26(31)17(3)4/h8-15,17H,6-7H2,1-5H3,(H,29,31). The van der Waals surface area contributed by atoms with E-state index in [0.29, 0.717) is 23.2 Å². The normalized spacial score (nSPS) is 10.7. The van der Waals surface area contributed by atoms with Gasteiger partial charge in [-0.05, 0) is 42.2 Å². The molecule has 0 aliphatic carbocycles. The van der Waals surface area contributed by atoms with Crippen LogP contribution in [0.2, 0.25) is 0 Å². The largest absolute Gasteiger partial charge is 0.461 e. The molecule has 1 amide bonds. The molecule has 0 saturated heterocycles. The number of rotatable bonds is 7. The molecule has 0 aliphatic rings. The maximum atomic E-state index is 12.7. The number of anilines is 1. The average Bonchev–Trinajstić information content (AvgIpc) is 3.11. The van der Waals surface area contributed by atoms with Crippen LogP contribution in [0.25, 0.3) is 22.3 Å². The van der Waals surface area contributed by atoms with E-state index in [0.717, 1.165) is 28.1 Å². The van der Waals surface area contributed by atoms with Crippen LogP contribution < -0.4 is 5.32 Å². The lowest BCUT2D eigenvalue weighted by Gasteiger charge is -2.10. The van der Waals surface area contributed by atoms with E-state index in [2.05, 4.69) is 11.4 Å². The summed E-state index contributed by atoms with van der Waals surface area (Å²) >= 11 is 0. The second-order valence-corrected chi connectivity index (χ2v) is 8.09. The first-order valence-corrected chi connectivity index (χ1v) is 11.1. The molecule has 0 radical (unpaired) electrons. The molecule has 3 aromatic rings. The monoisotopic (exact) mass is 443 g/mol. The zero-order valence-electron chi connectivity index (χ0n) is 19.7. The van der Waals surface area contributed by atoms with Gasteiger partial charge in [0.25, 0.3) is 0 Å². The van der Waals surface area contributed by atoms with Gasteiger partial charge < -0.3 is 14.6 Å². The molecule has 1 N–H and O–H groups in total. The molecule has 0 fully saturated rings. The van der Waals surface area contributed by atoms with E-state index in [1.807, 2.05) is 69.3 Å². The van der Waals surface area contributed by atoms with Gasteiger partial charge in [0.1, 0.15) is 11.8 Å². The molecule has 0 saturated carbocycles. The van der Waals surface area contributed by atoms with Crippen LogP contribution in [-0.4, -0.2) is 23.1 Å². The number of nitrogens with zero attached hydrogens (tertiary/aromatic N) is 2. The zero-order valence-corrected chi connectivity index (χ0v) is 19.7. The topological polar surface area (TPSA) is 84.1 Å². The molecule has 6 nitrogen and oxygen atoms in total. The van der Waals surface area contributed by atoms with Gasteiger partial charge in [-0.1, -0.05) is 57.2 Å². The Labute approximate surface area is 194 Å². The molecule has 33 heavy (non-hydrogen) atoms. The number of amides is 1. The summed E-state index contributed by atoms with van der Waals surface area (Å²) in [6.45, 7) is 7.70. The van der Waals surface area contributed by atoms with Gasteiger partial charge in [0.05, 0.1) is 12.2 Å². The maximum absolute atomic E-state index is 12.7. The Morgan fingerprint density at radius 3 is 2.03 bits per heavy atom. The Balaban J connectivity index is 1.97. The minimum Gasteiger partial charge on any atom is -0.461 e. The van der Waals surface area contributed by atoms with Crippen LogP contribution >= 0.6 is 0 Å². The molecule has 3 rings (SSSR count). The number of ether oxygens (including phenoxy) is 1. The van der Waals surface area contributed by atoms with E-state index in [9.17, 15) is 14.9 Å². The van der Waals surface area contributed by atoms with Crippen LogP contribution in [0.1, 0.15) is 49.4 Å². The zero-order chi connectivity index (χ0) is 24.1. The van der Waals surface area contributed by atoms with Crippen molar-refractivity contribution in [2.75, 3.05) is 11.9 Å². The molecule has 0 spiro atoms. The van der Waals surface area contributed by atoms with Crippen LogP contribution in [0.3, 0.4) is 0 Å². The van der Waals surface area contributed by atoms with Crippen molar-refractivity contribution in [1.29, 1.82) is 5.26 Å². The summed E-state index contributed by atoms with van der Waals surface area (Å²) in [5.41, 5.74) is 5.83. The summed E-state index contributed by atoms with van der Waals surface area (Å²) < 4.78 is 7.04. The van der Waals surface area contributed by atoms with Crippen molar-refractivity contribution in [3.05, 3.63) is 65.5 Å².